The molecule has 37 heavy (non-hydrogen) atoms. The van der Waals surface area contributed by atoms with Gasteiger partial charge in [0.1, 0.15) is 5.54 Å². The monoisotopic (exact) mass is 513 g/mol. The van der Waals surface area contributed by atoms with Gasteiger partial charge in [-0.15, -0.1) is 0 Å². The highest BCUT2D eigenvalue weighted by molar-refractivity contribution is 5.87. The lowest BCUT2D eigenvalue weighted by atomic mass is 9.84. The molecule has 0 unspecified atom stereocenters. The Morgan fingerprint density at radius 3 is 2.43 bits per heavy atom. The zero-order valence-electron chi connectivity index (χ0n) is 21.1. The Kier molecular flexibility index (Phi) is 6.43. The van der Waals surface area contributed by atoms with Crippen LogP contribution in [-0.4, -0.2) is 62.3 Å². The number of piperazine rings is 1. The quantitative estimate of drug-likeness (QED) is 0.576. The van der Waals surface area contributed by atoms with Crippen molar-refractivity contribution in [3.63, 3.8) is 0 Å². The number of carbonyl (C=O) groups excluding carboxylic acids is 1. The third-order valence-corrected chi connectivity index (χ3v) is 7.16. The van der Waals surface area contributed by atoms with Crippen molar-refractivity contribution in [3.05, 3.63) is 59.2 Å². The van der Waals surface area contributed by atoms with Crippen molar-refractivity contribution >= 4 is 11.9 Å². The summed E-state index contributed by atoms with van der Waals surface area (Å²) in [6, 6.07) is 7.16. The van der Waals surface area contributed by atoms with E-state index in [1.165, 1.54) is 6.07 Å². The minimum Gasteiger partial charge on any atom is -0.341 e. The Morgan fingerprint density at radius 2 is 1.76 bits per heavy atom. The lowest BCUT2D eigenvalue weighted by Gasteiger charge is -2.47. The first-order chi connectivity index (χ1) is 17.5. The number of aryl methyl sites for hydroxylation is 3. The van der Waals surface area contributed by atoms with Crippen molar-refractivity contribution in [2.75, 3.05) is 31.1 Å². The second-order valence-corrected chi connectivity index (χ2v) is 9.92. The van der Waals surface area contributed by atoms with Crippen molar-refractivity contribution in [1.82, 2.24) is 30.0 Å². The molecule has 2 saturated heterocycles. The summed E-state index contributed by atoms with van der Waals surface area (Å²) in [5.74, 6) is 0.687. The number of hydrogen-bond donors (Lipinski definition) is 1. The topological polar surface area (TPSA) is 79.2 Å². The number of benzene rings is 1. The van der Waals surface area contributed by atoms with Crippen LogP contribution in [0.2, 0.25) is 0 Å². The number of carbonyl (C=O) groups is 1. The van der Waals surface area contributed by atoms with Crippen LogP contribution in [-0.2, 0) is 24.6 Å². The van der Waals surface area contributed by atoms with Gasteiger partial charge in [0.2, 0.25) is 11.9 Å². The minimum atomic E-state index is -4.43. The maximum atomic E-state index is 13.7. The maximum absolute atomic E-state index is 13.7. The Labute approximate surface area is 213 Å². The molecule has 2 aromatic heterocycles. The van der Waals surface area contributed by atoms with Crippen molar-refractivity contribution < 1.29 is 18.0 Å². The normalized spacial score (nSPS) is 18.1. The van der Waals surface area contributed by atoms with Crippen LogP contribution >= 0.6 is 0 Å². The third kappa shape index (κ3) is 5.04. The van der Waals surface area contributed by atoms with Crippen LogP contribution in [0.5, 0.6) is 0 Å². The molecule has 4 heterocycles. The second kappa shape index (κ2) is 9.44. The highest BCUT2D eigenvalue weighted by Crippen LogP contribution is 2.34. The average Bonchev–Trinajstić information content (AvgIpc) is 3.21. The molecule has 5 rings (SSSR count). The van der Waals surface area contributed by atoms with Crippen LogP contribution in [0.25, 0.3) is 11.1 Å². The van der Waals surface area contributed by atoms with E-state index in [0.717, 1.165) is 23.5 Å². The molecule has 1 spiro atoms. The predicted octanol–water partition coefficient (Wildman–Crippen LogP) is 3.48. The summed E-state index contributed by atoms with van der Waals surface area (Å²) >= 11 is 0. The molecule has 8 nitrogen and oxygen atoms in total. The number of anilines is 1. The fourth-order valence-electron chi connectivity index (χ4n) is 5.32. The highest BCUT2D eigenvalue weighted by atomic mass is 19.4. The van der Waals surface area contributed by atoms with Crippen LogP contribution < -0.4 is 10.2 Å². The standard InChI is InChI=1S/C26H30F3N7O/c1-17-13-18(2)32-24(31-17)35-10-7-25(8-11-35)23(37)36(12-9-30-25)16-22-21(15-34(3)33-22)19-5-4-6-20(14-19)26(27,28)29/h4-6,13-15,30H,7-12,16H2,1-3H3. The summed E-state index contributed by atoms with van der Waals surface area (Å²) in [6.45, 7) is 6.56. The van der Waals surface area contributed by atoms with Gasteiger partial charge in [0, 0.05) is 56.4 Å². The Balaban J connectivity index is 1.34. The predicted molar refractivity (Wildman–Crippen MR) is 133 cm³/mol. The lowest BCUT2D eigenvalue weighted by Crippen LogP contribution is -2.67. The zero-order valence-corrected chi connectivity index (χ0v) is 21.1. The Bertz CT molecular complexity index is 1290. The van der Waals surface area contributed by atoms with E-state index in [-0.39, 0.29) is 12.5 Å². The van der Waals surface area contributed by atoms with Gasteiger partial charge in [-0.1, -0.05) is 12.1 Å². The maximum Gasteiger partial charge on any atom is 0.416 e. The average molecular weight is 514 g/mol. The first-order valence-electron chi connectivity index (χ1n) is 12.4. The molecule has 0 atom stereocenters. The number of aromatic nitrogens is 4. The van der Waals surface area contributed by atoms with E-state index in [2.05, 4.69) is 25.3 Å². The molecule has 2 aliphatic heterocycles. The van der Waals surface area contributed by atoms with Gasteiger partial charge in [-0.05, 0) is 50.5 Å². The van der Waals surface area contributed by atoms with Gasteiger partial charge in [0.05, 0.1) is 17.8 Å². The molecule has 0 aliphatic carbocycles. The molecule has 1 N–H and O–H groups in total. The number of piperidine rings is 1. The van der Waals surface area contributed by atoms with Gasteiger partial charge in [-0.2, -0.15) is 18.3 Å². The molecule has 2 aliphatic rings. The van der Waals surface area contributed by atoms with E-state index >= 15 is 0 Å². The molecular formula is C26H30F3N7O. The van der Waals surface area contributed by atoms with E-state index in [0.29, 0.717) is 61.8 Å². The molecule has 3 aromatic rings. The SMILES string of the molecule is Cc1cc(C)nc(N2CCC3(CC2)NCCN(Cc2nn(C)cc2-c2cccc(C(F)(F)F)c2)C3=O)n1. The number of rotatable bonds is 4. The van der Waals surface area contributed by atoms with Crippen LogP contribution in [0.4, 0.5) is 19.1 Å². The molecular weight excluding hydrogens is 483 g/mol. The van der Waals surface area contributed by atoms with E-state index in [1.54, 1.807) is 28.9 Å². The molecule has 0 radical (unpaired) electrons. The molecule has 11 heteroatoms. The molecule has 0 bridgehead atoms. The summed E-state index contributed by atoms with van der Waals surface area (Å²) < 4.78 is 41.5. The fraction of sp³-hybridized carbons (Fsp3) is 0.462. The molecule has 1 amide bonds. The number of alkyl halides is 3. The third-order valence-electron chi connectivity index (χ3n) is 7.16. The Hall–Kier alpha value is -3.47. The molecule has 0 saturated carbocycles. The summed E-state index contributed by atoms with van der Waals surface area (Å²) in [5.41, 5.74) is 2.02. The van der Waals surface area contributed by atoms with Gasteiger partial charge >= 0.3 is 6.18 Å². The number of halogens is 3. The summed E-state index contributed by atoms with van der Waals surface area (Å²) in [6.07, 6.45) is -1.51. The lowest BCUT2D eigenvalue weighted by molar-refractivity contribution is -0.143. The second-order valence-electron chi connectivity index (χ2n) is 9.92. The van der Waals surface area contributed by atoms with Crippen molar-refractivity contribution in [2.45, 2.75) is 44.9 Å². The fourth-order valence-corrected chi connectivity index (χ4v) is 5.32. The first kappa shape index (κ1) is 25.2. The van der Waals surface area contributed by atoms with E-state index in [4.69, 9.17) is 0 Å². The molecule has 2 fully saturated rings. The molecule has 196 valence electrons. The van der Waals surface area contributed by atoms with Crippen LogP contribution in [0.3, 0.4) is 0 Å². The van der Waals surface area contributed by atoms with Crippen molar-refractivity contribution in [2.24, 2.45) is 7.05 Å². The van der Waals surface area contributed by atoms with Crippen molar-refractivity contribution in [3.8, 4) is 11.1 Å². The highest BCUT2D eigenvalue weighted by Gasteiger charge is 2.46. The molecule has 1 aromatic carbocycles. The summed E-state index contributed by atoms with van der Waals surface area (Å²) in [7, 11) is 1.73. The number of nitrogens with one attached hydrogen (secondary N) is 1. The largest absolute Gasteiger partial charge is 0.416 e. The Morgan fingerprint density at radius 1 is 1.05 bits per heavy atom. The van der Waals surface area contributed by atoms with Gasteiger partial charge in [-0.25, -0.2) is 9.97 Å². The van der Waals surface area contributed by atoms with Crippen molar-refractivity contribution in [1.29, 1.82) is 0 Å². The zero-order chi connectivity index (χ0) is 26.4. The van der Waals surface area contributed by atoms with Gasteiger partial charge in [-0.3, -0.25) is 9.48 Å². The summed E-state index contributed by atoms with van der Waals surface area (Å²) in [4.78, 5) is 26.7. The van der Waals surface area contributed by atoms with Crippen LogP contribution in [0, 0.1) is 13.8 Å². The summed E-state index contributed by atoms with van der Waals surface area (Å²) in [5, 5.41) is 7.97. The van der Waals surface area contributed by atoms with Gasteiger partial charge < -0.3 is 15.1 Å². The minimum absolute atomic E-state index is 0.000358. The van der Waals surface area contributed by atoms with Gasteiger partial charge in [0.15, 0.2) is 0 Å². The number of amides is 1. The van der Waals surface area contributed by atoms with E-state index < -0.39 is 17.3 Å². The smallest absolute Gasteiger partial charge is 0.341 e. The first-order valence-corrected chi connectivity index (χ1v) is 12.4. The van der Waals surface area contributed by atoms with Crippen LogP contribution in [0.15, 0.2) is 36.5 Å². The van der Waals surface area contributed by atoms with E-state index in [1.807, 2.05) is 19.9 Å². The number of nitrogens with zero attached hydrogens (tertiary/aromatic N) is 6. The van der Waals surface area contributed by atoms with Crippen LogP contribution in [0.1, 0.15) is 35.5 Å². The van der Waals surface area contributed by atoms with Gasteiger partial charge in [0.25, 0.3) is 0 Å². The van der Waals surface area contributed by atoms with E-state index in [9.17, 15) is 18.0 Å². The number of hydrogen-bond acceptors (Lipinski definition) is 6.